The van der Waals surface area contributed by atoms with Crippen LogP contribution in [0, 0.1) is 0 Å². The van der Waals surface area contributed by atoms with E-state index in [0.29, 0.717) is 35.0 Å². The van der Waals surface area contributed by atoms with Crippen molar-refractivity contribution in [2.24, 2.45) is 0 Å². The maximum Gasteiger partial charge on any atom is 0.229 e. The molecular weight excluding hydrogens is 472 g/mol. The van der Waals surface area contributed by atoms with Crippen LogP contribution in [-0.2, 0) is 0 Å². The van der Waals surface area contributed by atoms with Crippen molar-refractivity contribution in [1.29, 1.82) is 0 Å². The van der Waals surface area contributed by atoms with Crippen molar-refractivity contribution >= 4 is 22.3 Å². The van der Waals surface area contributed by atoms with Crippen LogP contribution in [0.1, 0.15) is 74.1 Å². The Kier molecular flexibility index (Phi) is 7.78. The van der Waals surface area contributed by atoms with E-state index < -0.39 is 0 Å². The highest BCUT2D eigenvalue weighted by Crippen LogP contribution is 2.46. The van der Waals surface area contributed by atoms with Gasteiger partial charge in [-0.25, -0.2) is 0 Å². The monoisotopic (exact) mass is 506 g/mol. The van der Waals surface area contributed by atoms with Gasteiger partial charge in [-0.2, -0.15) is 0 Å². The zero-order valence-corrected chi connectivity index (χ0v) is 22.2. The molecule has 38 heavy (non-hydrogen) atoms. The minimum atomic E-state index is -0.194. The standard InChI is InChI=1S/C34H34O4/c1-4-5-6-7-8-12-20-36-27-17-13-16-26(22-27)32(35)34-30(25-14-10-9-11-15-25)31-29(38-34)19-18-28-23(2)21-24(3)37-33(28)31/h9-11,13-19,21-22H,3-8,12,20H2,1-2H3. The topological polar surface area (TPSA) is 48.7 Å². The molecule has 0 saturated carbocycles. The summed E-state index contributed by atoms with van der Waals surface area (Å²) < 4.78 is 18.4. The lowest BCUT2D eigenvalue weighted by Crippen LogP contribution is -2.04. The Labute approximate surface area is 224 Å². The van der Waals surface area contributed by atoms with Gasteiger partial charge in [0.25, 0.3) is 0 Å². The number of hydrogen-bond donors (Lipinski definition) is 0. The summed E-state index contributed by atoms with van der Waals surface area (Å²) in [5.41, 5.74) is 4.76. The van der Waals surface area contributed by atoms with Crippen molar-refractivity contribution in [2.75, 3.05) is 6.61 Å². The number of ketones is 1. The van der Waals surface area contributed by atoms with Crippen LogP contribution in [0.25, 0.3) is 27.7 Å². The lowest BCUT2D eigenvalue weighted by molar-refractivity contribution is 0.101. The van der Waals surface area contributed by atoms with Gasteiger partial charge >= 0.3 is 0 Å². The number of ether oxygens (including phenoxy) is 2. The van der Waals surface area contributed by atoms with Gasteiger partial charge in [-0.05, 0) is 54.8 Å². The van der Waals surface area contributed by atoms with Gasteiger partial charge in [-0.3, -0.25) is 4.79 Å². The van der Waals surface area contributed by atoms with Crippen LogP contribution >= 0.6 is 0 Å². The summed E-state index contributed by atoms with van der Waals surface area (Å²) in [6.07, 6.45) is 9.13. The number of rotatable bonds is 11. The Balaban J connectivity index is 1.48. The number of benzene rings is 3. The molecule has 0 unspecified atom stereocenters. The van der Waals surface area contributed by atoms with E-state index in [1.807, 2.05) is 79.7 Å². The fraction of sp³-hybridized carbons (Fsp3) is 0.265. The predicted molar refractivity (Wildman–Crippen MR) is 154 cm³/mol. The van der Waals surface area contributed by atoms with E-state index in [1.165, 1.54) is 25.7 Å². The molecule has 4 nitrogen and oxygen atoms in total. The molecule has 4 heteroatoms. The maximum atomic E-state index is 13.9. The summed E-state index contributed by atoms with van der Waals surface area (Å²) in [6, 6.07) is 21.1. The first-order valence-electron chi connectivity index (χ1n) is 13.5. The van der Waals surface area contributed by atoms with Gasteiger partial charge in [0.05, 0.1) is 12.0 Å². The molecule has 0 N–H and O–H groups in total. The number of furan rings is 1. The van der Waals surface area contributed by atoms with E-state index in [0.717, 1.165) is 40.5 Å². The second-order valence-electron chi connectivity index (χ2n) is 9.86. The number of hydrogen-bond acceptors (Lipinski definition) is 4. The number of carbonyl (C=O) groups is 1. The number of carbonyl (C=O) groups excluding carboxylic acids is 1. The van der Waals surface area contributed by atoms with E-state index in [-0.39, 0.29) is 11.5 Å². The molecule has 0 amide bonds. The molecule has 3 aromatic carbocycles. The fourth-order valence-corrected chi connectivity index (χ4v) is 5.03. The van der Waals surface area contributed by atoms with Crippen molar-refractivity contribution < 1.29 is 18.7 Å². The predicted octanol–water partition coefficient (Wildman–Crippen LogP) is 9.38. The van der Waals surface area contributed by atoms with Gasteiger partial charge in [0, 0.05) is 16.7 Å². The van der Waals surface area contributed by atoms with E-state index in [9.17, 15) is 4.79 Å². The van der Waals surface area contributed by atoms with Crippen LogP contribution in [0.4, 0.5) is 0 Å². The van der Waals surface area contributed by atoms with Crippen molar-refractivity contribution in [3.05, 3.63) is 102 Å². The number of fused-ring (bicyclic) bond motifs is 3. The summed E-state index contributed by atoms with van der Waals surface area (Å²) in [7, 11) is 0. The van der Waals surface area contributed by atoms with Crippen molar-refractivity contribution in [1.82, 2.24) is 0 Å². The van der Waals surface area contributed by atoms with E-state index in [2.05, 4.69) is 13.5 Å². The first-order chi connectivity index (χ1) is 18.6. The highest BCUT2D eigenvalue weighted by molar-refractivity contribution is 6.17. The molecule has 4 aromatic rings. The average Bonchev–Trinajstić information content (AvgIpc) is 3.33. The third kappa shape index (κ3) is 5.31. The summed E-state index contributed by atoms with van der Waals surface area (Å²) in [5.74, 6) is 2.02. The van der Waals surface area contributed by atoms with Crippen LogP contribution in [0.2, 0.25) is 0 Å². The van der Waals surface area contributed by atoms with Crippen LogP contribution in [0.15, 0.2) is 89.6 Å². The third-order valence-electron chi connectivity index (χ3n) is 6.98. The SMILES string of the molecule is C=C1C=C(C)c2ccc3oc(C(=O)c4cccc(OCCCCCCCC)c4)c(-c4ccccc4)c3c2O1. The maximum absolute atomic E-state index is 13.9. The first-order valence-corrected chi connectivity index (χ1v) is 13.5. The van der Waals surface area contributed by atoms with Gasteiger partial charge in [0.1, 0.15) is 22.8 Å². The van der Waals surface area contributed by atoms with Gasteiger partial charge < -0.3 is 13.9 Å². The Morgan fingerprint density at radius 3 is 2.53 bits per heavy atom. The molecule has 0 radical (unpaired) electrons. The third-order valence-corrected chi connectivity index (χ3v) is 6.98. The molecule has 0 fully saturated rings. The normalized spacial score (nSPS) is 12.7. The molecule has 0 aliphatic carbocycles. The fourth-order valence-electron chi connectivity index (χ4n) is 5.03. The lowest BCUT2D eigenvalue weighted by Gasteiger charge is -2.18. The first kappa shape index (κ1) is 25.6. The summed E-state index contributed by atoms with van der Waals surface area (Å²) in [4.78, 5) is 13.9. The summed E-state index contributed by atoms with van der Waals surface area (Å²) >= 11 is 0. The van der Waals surface area contributed by atoms with Gasteiger partial charge in [-0.15, -0.1) is 0 Å². The molecule has 0 bridgehead atoms. The smallest absolute Gasteiger partial charge is 0.229 e. The van der Waals surface area contributed by atoms with Gasteiger partial charge in [0.2, 0.25) is 5.78 Å². The molecule has 0 spiro atoms. The highest BCUT2D eigenvalue weighted by atomic mass is 16.5. The summed E-state index contributed by atoms with van der Waals surface area (Å²) in [5, 5.41) is 0.779. The second kappa shape index (κ2) is 11.6. The van der Waals surface area contributed by atoms with Crippen molar-refractivity contribution in [3.63, 3.8) is 0 Å². The quantitative estimate of drug-likeness (QED) is 0.150. The van der Waals surface area contributed by atoms with Gasteiger partial charge in [-0.1, -0.05) is 88.1 Å². The zero-order chi connectivity index (χ0) is 26.5. The number of unbranched alkanes of at least 4 members (excludes halogenated alkanes) is 5. The number of allylic oxidation sites excluding steroid dienone is 2. The Morgan fingerprint density at radius 2 is 1.71 bits per heavy atom. The molecule has 1 aromatic heterocycles. The Bertz CT molecular complexity index is 1490. The Morgan fingerprint density at radius 1 is 0.921 bits per heavy atom. The molecule has 194 valence electrons. The Hall–Kier alpha value is -4.05. The molecule has 1 aliphatic heterocycles. The average molecular weight is 507 g/mol. The van der Waals surface area contributed by atoms with Gasteiger partial charge in [0.15, 0.2) is 5.76 Å². The van der Waals surface area contributed by atoms with Crippen molar-refractivity contribution in [2.45, 2.75) is 52.4 Å². The van der Waals surface area contributed by atoms with Crippen LogP contribution in [-0.4, -0.2) is 12.4 Å². The second-order valence-corrected chi connectivity index (χ2v) is 9.86. The van der Waals surface area contributed by atoms with Crippen LogP contribution in [0.3, 0.4) is 0 Å². The van der Waals surface area contributed by atoms with Crippen LogP contribution < -0.4 is 9.47 Å². The molecule has 5 rings (SSSR count). The summed E-state index contributed by atoms with van der Waals surface area (Å²) in [6.45, 7) is 8.91. The van der Waals surface area contributed by atoms with E-state index >= 15 is 0 Å². The highest BCUT2D eigenvalue weighted by Gasteiger charge is 2.28. The molecular formula is C34H34O4. The molecule has 2 heterocycles. The van der Waals surface area contributed by atoms with Crippen LogP contribution in [0.5, 0.6) is 11.5 Å². The minimum absolute atomic E-state index is 0.194. The molecule has 0 saturated heterocycles. The minimum Gasteiger partial charge on any atom is -0.494 e. The van der Waals surface area contributed by atoms with E-state index in [4.69, 9.17) is 13.9 Å². The molecule has 1 aliphatic rings. The lowest BCUT2D eigenvalue weighted by atomic mass is 9.94. The van der Waals surface area contributed by atoms with Crippen molar-refractivity contribution in [3.8, 4) is 22.6 Å². The van der Waals surface area contributed by atoms with E-state index in [1.54, 1.807) is 0 Å². The zero-order valence-electron chi connectivity index (χ0n) is 22.2. The largest absolute Gasteiger partial charge is 0.494 e. The molecule has 0 atom stereocenters.